The standard InChI is InChI=1S/C13H18F3N3O3S/c1-8-6-10(18-22-8)17-12(21)9(2)23-7-11(20)19(3)5-4-13(14,15)16/h6,9H,4-5,7H2,1-3H3,(H,17,18,21). The highest BCUT2D eigenvalue weighted by Crippen LogP contribution is 2.20. The highest BCUT2D eigenvalue weighted by Gasteiger charge is 2.28. The lowest BCUT2D eigenvalue weighted by Gasteiger charge is -2.18. The molecule has 0 aromatic carbocycles. The zero-order valence-corrected chi connectivity index (χ0v) is 13.8. The molecule has 0 aliphatic heterocycles. The lowest BCUT2D eigenvalue weighted by molar-refractivity contribution is -0.142. The topological polar surface area (TPSA) is 75.4 Å². The maximum absolute atomic E-state index is 12.1. The van der Waals surface area contributed by atoms with Crippen molar-refractivity contribution in [2.45, 2.75) is 31.7 Å². The van der Waals surface area contributed by atoms with Crippen LogP contribution >= 0.6 is 11.8 Å². The summed E-state index contributed by atoms with van der Waals surface area (Å²) in [5, 5.41) is 5.57. The third-order valence-electron chi connectivity index (χ3n) is 2.86. The van der Waals surface area contributed by atoms with E-state index in [4.69, 9.17) is 4.52 Å². The first kappa shape index (κ1) is 19.3. The number of amides is 2. The number of hydrogen-bond acceptors (Lipinski definition) is 5. The van der Waals surface area contributed by atoms with Gasteiger partial charge in [0.15, 0.2) is 5.82 Å². The number of carbonyl (C=O) groups is 2. The quantitative estimate of drug-likeness (QED) is 0.815. The van der Waals surface area contributed by atoms with E-state index in [1.54, 1.807) is 19.9 Å². The van der Waals surface area contributed by atoms with Gasteiger partial charge in [0.05, 0.1) is 17.4 Å². The number of rotatable bonds is 7. The Morgan fingerprint density at radius 2 is 2.13 bits per heavy atom. The maximum Gasteiger partial charge on any atom is 0.390 e. The molecule has 1 N–H and O–H groups in total. The average Bonchev–Trinajstić information content (AvgIpc) is 2.85. The molecule has 1 rings (SSSR count). The summed E-state index contributed by atoms with van der Waals surface area (Å²) < 4.78 is 41.1. The molecule has 23 heavy (non-hydrogen) atoms. The van der Waals surface area contributed by atoms with Crippen LogP contribution in [0.5, 0.6) is 0 Å². The second-order valence-corrected chi connectivity index (χ2v) is 6.27. The largest absolute Gasteiger partial charge is 0.390 e. The zero-order chi connectivity index (χ0) is 17.6. The second-order valence-electron chi connectivity index (χ2n) is 4.95. The van der Waals surface area contributed by atoms with Gasteiger partial charge in [-0.2, -0.15) is 13.2 Å². The summed E-state index contributed by atoms with van der Waals surface area (Å²) >= 11 is 1.04. The SMILES string of the molecule is Cc1cc(NC(=O)C(C)SCC(=O)N(C)CCC(F)(F)F)no1. The van der Waals surface area contributed by atoms with Gasteiger partial charge in [-0.3, -0.25) is 9.59 Å². The van der Waals surface area contributed by atoms with Crippen molar-refractivity contribution in [3.63, 3.8) is 0 Å². The minimum atomic E-state index is -4.30. The van der Waals surface area contributed by atoms with Crippen molar-refractivity contribution in [3.05, 3.63) is 11.8 Å². The Morgan fingerprint density at radius 1 is 1.48 bits per heavy atom. The molecule has 1 heterocycles. The van der Waals surface area contributed by atoms with Crippen molar-refractivity contribution >= 4 is 29.4 Å². The van der Waals surface area contributed by atoms with E-state index in [-0.39, 0.29) is 17.5 Å². The molecule has 1 aromatic heterocycles. The number of hydrogen-bond donors (Lipinski definition) is 1. The van der Waals surface area contributed by atoms with Crippen molar-refractivity contribution < 1.29 is 27.3 Å². The number of carbonyl (C=O) groups excluding carboxylic acids is 2. The summed E-state index contributed by atoms with van der Waals surface area (Å²) in [5.74, 6) is -0.0956. The smallest absolute Gasteiger partial charge is 0.360 e. The van der Waals surface area contributed by atoms with Crippen LogP contribution in [0.3, 0.4) is 0 Å². The van der Waals surface area contributed by atoms with Crippen LogP contribution in [0.25, 0.3) is 0 Å². The Labute approximate surface area is 135 Å². The lowest BCUT2D eigenvalue weighted by Crippen LogP contribution is -2.33. The van der Waals surface area contributed by atoms with Gasteiger partial charge in [0, 0.05) is 19.7 Å². The third-order valence-corrected chi connectivity index (χ3v) is 3.99. The number of anilines is 1. The van der Waals surface area contributed by atoms with Gasteiger partial charge in [0.25, 0.3) is 0 Å². The normalized spacial score (nSPS) is 12.8. The summed E-state index contributed by atoms with van der Waals surface area (Å²) in [6.45, 7) is 2.87. The van der Waals surface area contributed by atoms with Gasteiger partial charge >= 0.3 is 6.18 Å². The molecule has 0 radical (unpaired) electrons. The predicted molar refractivity (Wildman–Crippen MR) is 80.1 cm³/mol. The predicted octanol–water partition coefficient (Wildman–Crippen LogP) is 2.45. The third kappa shape index (κ3) is 7.40. The molecule has 0 spiro atoms. The second kappa shape index (κ2) is 8.23. The monoisotopic (exact) mass is 353 g/mol. The molecule has 0 aliphatic carbocycles. The number of alkyl halides is 3. The Morgan fingerprint density at radius 3 is 2.65 bits per heavy atom. The number of aryl methyl sites for hydroxylation is 1. The van der Waals surface area contributed by atoms with Gasteiger partial charge in [0.1, 0.15) is 5.76 Å². The molecule has 10 heteroatoms. The van der Waals surface area contributed by atoms with Gasteiger partial charge in [-0.25, -0.2) is 0 Å². The summed E-state index contributed by atoms with van der Waals surface area (Å²) in [4.78, 5) is 24.6. The summed E-state index contributed by atoms with van der Waals surface area (Å²) in [5.41, 5.74) is 0. The van der Waals surface area contributed by atoms with Crippen molar-refractivity contribution in [1.82, 2.24) is 10.1 Å². The van der Waals surface area contributed by atoms with Crippen LogP contribution in [-0.2, 0) is 9.59 Å². The number of thioether (sulfide) groups is 1. The Kier molecular flexibility index (Phi) is 6.92. The summed E-state index contributed by atoms with van der Waals surface area (Å²) in [7, 11) is 1.30. The van der Waals surface area contributed by atoms with E-state index in [9.17, 15) is 22.8 Å². The minimum absolute atomic E-state index is 0.0826. The fourth-order valence-electron chi connectivity index (χ4n) is 1.45. The minimum Gasteiger partial charge on any atom is -0.360 e. The number of nitrogens with zero attached hydrogens (tertiary/aromatic N) is 2. The highest BCUT2D eigenvalue weighted by molar-refractivity contribution is 8.01. The van der Waals surface area contributed by atoms with Gasteiger partial charge in [-0.15, -0.1) is 11.8 Å². The molecule has 0 saturated heterocycles. The Hall–Kier alpha value is -1.71. The van der Waals surface area contributed by atoms with Crippen molar-refractivity contribution in [2.75, 3.05) is 24.7 Å². The van der Waals surface area contributed by atoms with Gasteiger partial charge in [-0.1, -0.05) is 5.16 Å². The Bertz CT molecular complexity index is 548. The van der Waals surface area contributed by atoms with E-state index in [0.717, 1.165) is 16.7 Å². The van der Waals surface area contributed by atoms with Crippen LogP contribution in [0.2, 0.25) is 0 Å². The molecule has 0 bridgehead atoms. The molecular weight excluding hydrogens is 335 g/mol. The van der Waals surface area contributed by atoms with Gasteiger partial charge in [-0.05, 0) is 13.8 Å². The molecule has 1 unspecified atom stereocenters. The van der Waals surface area contributed by atoms with Crippen molar-refractivity contribution in [3.8, 4) is 0 Å². The molecule has 0 saturated carbocycles. The van der Waals surface area contributed by atoms with Crippen LogP contribution in [-0.4, -0.2) is 52.6 Å². The van der Waals surface area contributed by atoms with Crippen molar-refractivity contribution in [1.29, 1.82) is 0 Å². The van der Waals surface area contributed by atoms with E-state index in [0.29, 0.717) is 5.76 Å². The maximum atomic E-state index is 12.1. The molecule has 1 atom stereocenters. The van der Waals surface area contributed by atoms with Gasteiger partial charge < -0.3 is 14.7 Å². The zero-order valence-electron chi connectivity index (χ0n) is 12.9. The highest BCUT2D eigenvalue weighted by atomic mass is 32.2. The Balaban J connectivity index is 2.35. The molecule has 0 fully saturated rings. The van der Waals surface area contributed by atoms with E-state index in [1.807, 2.05) is 0 Å². The number of aromatic nitrogens is 1. The van der Waals surface area contributed by atoms with Crippen LogP contribution in [0.1, 0.15) is 19.1 Å². The lowest BCUT2D eigenvalue weighted by atomic mass is 10.4. The van der Waals surface area contributed by atoms with Crippen LogP contribution in [0.15, 0.2) is 10.6 Å². The molecule has 2 amide bonds. The van der Waals surface area contributed by atoms with Crippen LogP contribution in [0.4, 0.5) is 19.0 Å². The van der Waals surface area contributed by atoms with Gasteiger partial charge in [0.2, 0.25) is 11.8 Å². The average molecular weight is 353 g/mol. The first-order valence-corrected chi connectivity index (χ1v) is 7.80. The number of halogens is 3. The molecule has 1 aromatic rings. The van der Waals surface area contributed by atoms with Crippen LogP contribution in [0, 0.1) is 6.92 Å². The fraction of sp³-hybridized carbons (Fsp3) is 0.615. The summed E-state index contributed by atoms with van der Waals surface area (Å²) in [6.07, 6.45) is -5.36. The number of nitrogens with one attached hydrogen (secondary N) is 1. The summed E-state index contributed by atoms with van der Waals surface area (Å²) in [6, 6.07) is 1.55. The van der Waals surface area contributed by atoms with E-state index < -0.39 is 30.3 Å². The molecule has 130 valence electrons. The first-order chi connectivity index (χ1) is 10.6. The van der Waals surface area contributed by atoms with E-state index in [2.05, 4.69) is 10.5 Å². The molecular formula is C13H18F3N3O3S. The molecule has 6 nitrogen and oxygen atoms in total. The van der Waals surface area contributed by atoms with Crippen LogP contribution < -0.4 is 5.32 Å². The fourth-order valence-corrected chi connectivity index (χ4v) is 2.28. The first-order valence-electron chi connectivity index (χ1n) is 6.75. The van der Waals surface area contributed by atoms with E-state index >= 15 is 0 Å². The molecule has 0 aliphatic rings. The van der Waals surface area contributed by atoms with E-state index in [1.165, 1.54) is 7.05 Å². The van der Waals surface area contributed by atoms with Crippen molar-refractivity contribution in [2.24, 2.45) is 0 Å².